The van der Waals surface area contributed by atoms with E-state index in [0.29, 0.717) is 11.6 Å². The van der Waals surface area contributed by atoms with E-state index in [4.69, 9.17) is 9.15 Å². The monoisotopic (exact) mass is 333 g/mol. The van der Waals surface area contributed by atoms with Crippen LogP contribution in [0.15, 0.2) is 65.1 Å². The third kappa shape index (κ3) is 3.01. The minimum atomic E-state index is -0.649. The van der Waals surface area contributed by atoms with Crippen LogP contribution in [0.2, 0.25) is 0 Å². The molecule has 0 bridgehead atoms. The normalized spacial score (nSPS) is 12.2. The molecule has 0 aliphatic carbocycles. The lowest BCUT2D eigenvalue weighted by Crippen LogP contribution is -2.09. The van der Waals surface area contributed by atoms with Crippen molar-refractivity contribution in [2.24, 2.45) is 0 Å². The van der Waals surface area contributed by atoms with Crippen LogP contribution < -0.4 is 0 Å². The second-order valence-electron chi connectivity index (χ2n) is 5.63. The van der Waals surface area contributed by atoms with Gasteiger partial charge < -0.3 is 14.1 Å². The summed E-state index contributed by atoms with van der Waals surface area (Å²) in [4.78, 5) is 15.4. The summed E-state index contributed by atoms with van der Waals surface area (Å²) < 4.78 is 11.1. The third-order valence-corrected chi connectivity index (χ3v) is 3.84. The molecule has 0 saturated heterocycles. The molecule has 1 N–H and O–H groups in total. The first kappa shape index (κ1) is 15.1. The highest BCUT2D eigenvalue weighted by atomic mass is 16.6. The molecular weight excluding hydrogens is 318 g/mol. The van der Waals surface area contributed by atoms with Crippen molar-refractivity contribution in [2.75, 3.05) is 0 Å². The number of benzene rings is 2. The predicted octanol–water partition coefficient (Wildman–Crippen LogP) is 4.14. The van der Waals surface area contributed by atoms with E-state index in [-0.39, 0.29) is 5.89 Å². The number of para-hydroxylation sites is 1. The minimum Gasteiger partial charge on any atom is -0.448 e. The number of hydrogen-bond acceptors (Lipinski definition) is 5. The summed E-state index contributed by atoms with van der Waals surface area (Å²) in [7, 11) is 0. The van der Waals surface area contributed by atoms with Gasteiger partial charge in [-0.1, -0.05) is 36.4 Å². The van der Waals surface area contributed by atoms with Gasteiger partial charge in [-0.05, 0) is 31.2 Å². The van der Waals surface area contributed by atoms with Crippen LogP contribution in [0.5, 0.6) is 0 Å². The fraction of sp³-hybridized carbons (Fsp3) is 0.105. The SMILES string of the molecule is C[C@H](OC(=O)c1cc2ccccc2[nH]1)c1nnc(-c2ccccc2)o1. The zero-order valence-corrected chi connectivity index (χ0v) is 13.5. The first-order valence-electron chi connectivity index (χ1n) is 7.88. The summed E-state index contributed by atoms with van der Waals surface area (Å²) >= 11 is 0. The van der Waals surface area contributed by atoms with Gasteiger partial charge >= 0.3 is 5.97 Å². The Bertz CT molecular complexity index is 988. The highest BCUT2D eigenvalue weighted by Crippen LogP contribution is 2.23. The van der Waals surface area contributed by atoms with E-state index in [1.807, 2.05) is 54.6 Å². The lowest BCUT2D eigenvalue weighted by Gasteiger charge is -2.08. The Labute approximate surface area is 143 Å². The molecule has 124 valence electrons. The van der Waals surface area contributed by atoms with Crippen LogP contribution in [0.3, 0.4) is 0 Å². The van der Waals surface area contributed by atoms with E-state index in [1.165, 1.54) is 0 Å². The molecule has 6 nitrogen and oxygen atoms in total. The van der Waals surface area contributed by atoms with Crippen molar-refractivity contribution in [1.82, 2.24) is 15.2 Å². The molecule has 25 heavy (non-hydrogen) atoms. The summed E-state index contributed by atoms with van der Waals surface area (Å²) in [6, 6.07) is 18.8. The van der Waals surface area contributed by atoms with Crippen molar-refractivity contribution in [1.29, 1.82) is 0 Å². The summed E-state index contributed by atoms with van der Waals surface area (Å²) in [5.74, 6) is 0.176. The molecule has 2 heterocycles. The number of carbonyl (C=O) groups is 1. The highest BCUT2D eigenvalue weighted by Gasteiger charge is 2.21. The molecule has 0 unspecified atom stereocenters. The van der Waals surface area contributed by atoms with Crippen LogP contribution in [0.4, 0.5) is 0 Å². The smallest absolute Gasteiger partial charge is 0.355 e. The number of hydrogen-bond donors (Lipinski definition) is 1. The van der Waals surface area contributed by atoms with Gasteiger partial charge in [-0.15, -0.1) is 10.2 Å². The van der Waals surface area contributed by atoms with Gasteiger partial charge in [0.15, 0.2) is 6.10 Å². The standard InChI is InChI=1S/C19H15N3O3/c1-12(17-21-22-18(25-17)13-7-3-2-4-8-13)24-19(23)16-11-14-9-5-6-10-15(14)20-16/h2-12,20H,1H3/t12-/m0/s1. The van der Waals surface area contributed by atoms with Gasteiger partial charge in [0.05, 0.1) is 0 Å². The molecule has 0 aliphatic heterocycles. The Kier molecular flexibility index (Phi) is 3.78. The highest BCUT2D eigenvalue weighted by molar-refractivity contribution is 5.94. The maximum atomic E-state index is 12.3. The maximum absolute atomic E-state index is 12.3. The largest absolute Gasteiger partial charge is 0.448 e. The van der Waals surface area contributed by atoms with Gasteiger partial charge in [-0.2, -0.15) is 0 Å². The summed E-state index contributed by atoms with van der Waals surface area (Å²) in [5.41, 5.74) is 2.08. The van der Waals surface area contributed by atoms with E-state index in [0.717, 1.165) is 16.5 Å². The average molecular weight is 333 g/mol. The molecule has 2 aromatic carbocycles. The van der Waals surface area contributed by atoms with Crippen LogP contribution in [-0.4, -0.2) is 21.2 Å². The second-order valence-corrected chi connectivity index (χ2v) is 5.63. The molecule has 4 rings (SSSR count). The van der Waals surface area contributed by atoms with Crippen LogP contribution in [0.1, 0.15) is 29.4 Å². The zero-order chi connectivity index (χ0) is 17.2. The summed E-state index contributed by atoms with van der Waals surface area (Å²) in [6.07, 6.45) is -0.649. The van der Waals surface area contributed by atoms with Gasteiger partial charge in [-0.25, -0.2) is 4.79 Å². The number of nitrogens with zero attached hydrogens (tertiary/aromatic N) is 2. The molecular formula is C19H15N3O3. The Hall–Kier alpha value is -3.41. The molecule has 6 heteroatoms. The molecule has 0 saturated carbocycles. The van der Waals surface area contributed by atoms with E-state index < -0.39 is 12.1 Å². The van der Waals surface area contributed by atoms with Crippen molar-refractivity contribution in [3.63, 3.8) is 0 Å². The topological polar surface area (TPSA) is 81.0 Å². The molecule has 2 aromatic heterocycles. The van der Waals surface area contributed by atoms with Gasteiger partial charge in [0.25, 0.3) is 5.89 Å². The second kappa shape index (κ2) is 6.24. The van der Waals surface area contributed by atoms with Crippen LogP contribution in [0, 0.1) is 0 Å². The first-order chi connectivity index (χ1) is 12.2. The third-order valence-electron chi connectivity index (χ3n) is 3.84. The van der Waals surface area contributed by atoms with E-state index >= 15 is 0 Å². The number of aromatic amines is 1. The van der Waals surface area contributed by atoms with Gasteiger partial charge in [0.1, 0.15) is 5.69 Å². The minimum absolute atomic E-state index is 0.253. The number of rotatable bonds is 4. The van der Waals surface area contributed by atoms with E-state index in [2.05, 4.69) is 15.2 Å². The van der Waals surface area contributed by atoms with Crippen molar-refractivity contribution in [3.05, 3.63) is 72.2 Å². The predicted molar refractivity (Wildman–Crippen MR) is 91.9 cm³/mol. The van der Waals surface area contributed by atoms with E-state index in [1.54, 1.807) is 13.0 Å². The van der Waals surface area contributed by atoms with Crippen LogP contribution in [0.25, 0.3) is 22.4 Å². The number of nitrogens with one attached hydrogen (secondary N) is 1. The van der Waals surface area contributed by atoms with Crippen LogP contribution >= 0.6 is 0 Å². The van der Waals surface area contributed by atoms with Gasteiger partial charge in [0.2, 0.25) is 5.89 Å². The molecule has 0 aliphatic rings. The van der Waals surface area contributed by atoms with Crippen molar-refractivity contribution < 1.29 is 13.9 Å². The quantitative estimate of drug-likeness (QED) is 0.568. The Morgan fingerprint density at radius 1 is 1.08 bits per heavy atom. The van der Waals surface area contributed by atoms with Gasteiger partial charge in [0, 0.05) is 16.5 Å². The maximum Gasteiger partial charge on any atom is 0.355 e. The lowest BCUT2D eigenvalue weighted by atomic mass is 10.2. The average Bonchev–Trinajstić information content (AvgIpc) is 3.29. The molecule has 1 atom stereocenters. The fourth-order valence-corrected chi connectivity index (χ4v) is 2.55. The molecule has 0 fully saturated rings. The number of aromatic nitrogens is 3. The number of fused-ring (bicyclic) bond motifs is 1. The molecule has 0 amide bonds. The van der Waals surface area contributed by atoms with Crippen molar-refractivity contribution >= 4 is 16.9 Å². The van der Waals surface area contributed by atoms with Crippen molar-refractivity contribution in [3.8, 4) is 11.5 Å². The van der Waals surface area contributed by atoms with E-state index in [9.17, 15) is 4.79 Å². The number of ether oxygens (including phenoxy) is 1. The summed E-state index contributed by atoms with van der Waals surface area (Å²) in [6.45, 7) is 1.70. The number of H-pyrrole nitrogens is 1. The summed E-state index contributed by atoms with van der Waals surface area (Å²) in [5, 5.41) is 8.93. The number of carbonyl (C=O) groups excluding carboxylic acids is 1. The molecule has 0 spiro atoms. The molecule has 4 aromatic rings. The Balaban J connectivity index is 1.50. The zero-order valence-electron chi connectivity index (χ0n) is 13.5. The Morgan fingerprint density at radius 3 is 2.64 bits per heavy atom. The number of esters is 1. The Morgan fingerprint density at radius 2 is 1.84 bits per heavy atom. The molecule has 0 radical (unpaired) electrons. The van der Waals surface area contributed by atoms with Crippen LogP contribution in [-0.2, 0) is 4.74 Å². The van der Waals surface area contributed by atoms with Crippen molar-refractivity contribution in [2.45, 2.75) is 13.0 Å². The fourth-order valence-electron chi connectivity index (χ4n) is 2.55. The lowest BCUT2D eigenvalue weighted by molar-refractivity contribution is 0.0274. The van der Waals surface area contributed by atoms with Gasteiger partial charge in [-0.3, -0.25) is 0 Å². The first-order valence-corrected chi connectivity index (χ1v) is 7.88.